The fraction of sp³-hybridized carbons (Fsp3) is 0.556. The number of piperazine rings is 1. The van der Waals surface area contributed by atoms with E-state index in [1.165, 1.54) is 0 Å². The minimum absolute atomic E-state index is 0.375. The van der Waals surface area contributed by atoms with E-state index in [0.29, 0.717) is 16.3 Å². The Labute approximate surface area is 98.6 Å². The predicted molar refractivity (Wildman–Crippen MR) is 61.7 cm³/mol. The van der Waals surface area contributed by atoms with E-state index in [4.69, 9.17) is 23.2 Å². The van der Waals surface area contributed by atoms with Gasteiger partial charge in [0.1, 0.15) is 0 Å². The zero-order valence-corrected chi connectivity index (χ0v) is 9.89. The van der Waals surface area contributed by atoms with E-state index in [2.05, 4.69) is 27.3 Å². The molecule has 0 amide bonds. The lowest BCUT2D eigenvalue weighted by molar-refractivity contribution is 0.500. The van der Waals surface area contributed by atoms with Crippen LogP contribution in [0.3, 0.4) is 0 Å². The Morgan fingerprint density at radius 3 is 3.00 bits per heavy atom. The SMILES string of the molecule is CC1CNCCN1c1cc(Cl)nnc1Cl. The van der Waals surface area contributed by atoms with Crippen molar-refractivity contribution in [2.24, 2.45) is 0 Å². The monoisotopic (exact) mass is 246 g/mol. The van der Waals surface area contributed by atoms with Crippen molar-refractivity contribution in [2.75, 3.05) is 24.5 Å². The third kappa shape index (κ3) is 2.33. The van der Waals surface area contributed by atoms with E-state index in [0.717, 1.165) is 25.3 Å². The third-order valence-electron chi connectivity index (χ3n) is 2.51. The lowest BCUT2D eigenvalue weighted by atomic mass is 10.2. The van der Waals surface area contributed by atoms with E-state index in [9.17, 15) is 0 Å². The molecule has 1 fully saturated rings. The van der Waals surface area contributed by atoms with Gasteiger partial charge in [-0.3, -0.25) is 0 Å². The Hall–Kier alpha value is -0.580. The first-order valence-electron chi connectivity index (χ1n) is 4.84. The average molecular weight is 247 g/mol. The summed E-state index contributed by atoms with van der Waals surface area (Å²) in [6.45, 7) is 4.93. The Morgan fingerprint density at radius 1 is 1.47 bits per heavy atom. The molecule has 4 nitrogen and oxygen atoms in total. The summed E-state index contributed by atoms with van der Waals surface area (Å²) in [4.78, 5) is 2.19. The molecule has 0 aliphatic carbocycles. The maximum Gasteiger partial charge on any atom is 0.175 e. The number of anilines is 1. The zero-order valence-electron chi connectivity index (χ0n) is 8.37. The highest BCUT2D eigenvalue weighted by atomic mass is 35.5. The van der Waals surface area contributed by atoms with Gasteiger partial charge in [-0.15, -0.1) is 10.2 Å². The second-order valence-electron chi connectivity index (χ2n) is 3.59. The topological polar surface area (TPSA) is 41.0 Å². The molecule has 0 radical (unpaired) electrons. The molecular weight excluding hydrogens is 235 g/mol. The molecule has 2 rings (SSSR count). The minimum atomic E-state index is 0.375. The van der Waals surface area contributed by atoms with Crippen LogP contribution in [0.2, 0.25) is 10.3 Å². The molecule has 0 bridgehead atoms. The van der Waals surface area contributed by atoms with Crippen LogP contribution in [0.15, 0.2) is 6.07 Å². The van der Waals surface area contributed by atoms with Crippen molar-refractivity contribution in [1.82, 2.24) is 15.5 Å². The maximum atomic E-state index is 6.00. The Kier molecular flexibility index (Phi) is 3.29. The van der Waals surface area contributed by atoms with Crippen molar-refractivity contribution in [2.45, 2.75) is 13.0 Å². The van der Waals surface area contributed by atoms with Crippen LogP contribution in [0.4, 0.5) is 5.69 Å². The highest BCUT2D eigenvalue weighted by Crippen LogP contribution is 2.27. The Morgan fingerprint density at radius 2 is 2.27 bits per heavy atom. The van der Waals surface area contributed by atoms with Crippen LogP contribution in [0.25, 0.3) is 0 Å². The largest absolute Gasteiger partial charge is 0.364 e. The summed E-state index contributed by atoms with van der Waals surface area (Å²) in [6.07, 6.45) is 0. The number of nitrogens with zero attached hydrogens (tertiary/aromatic N) is 3. The molecular formula is C9H12Cl2N4. The number of nitrogens with one attached hydrogen (secondary N) is 1. The Balaban J connectivity index is 2.30. The lowest BCUT2D eigenvalue weighted by Gasteiger charge is -2.35. The fourth-order valence-electron chi connectivity index (χ4n) is 1.74. The normalized spacial score (nSPS) is 21.8. The van der Waals surface area contributed by atoms with Crippen molar-refractivity contribution in [1.29, 1.82) is 0 Å². The standard InChI is InChI=1S/C9H12Cl2N4/c1-6-5-12-2-3-15(6)7-4-8(10)13-14-9(7)11/h4,6,12H,2-3,5H2,1H3. The van der Waals surface area contributed by atoms with Gasteiger partial charge < -0.3 is 10.2 Å². The van der Waals surface area contributed by atoms with E-state index in [-0.39, 0.29) is 0 Å². The maximum absolute atomic E-state index is 6.00. The summed E-state index contributed by atoms with van der Waals surface area (Å²) in [7, 11) is 0. The molecule has 1 aliphatic heterocycles. The number of rotatable bonds is 1. The summed E-state index contributed by atoms with van der Waals surface area (Å²) < 4.78 is 0. The van der Waals surface area contributed by atoms with Gasteiger partial charge in [0.25, 0.3) is 0 Å². The van der Waals surface area contributed by atoms with Crippen molar-refractivity contribution in [3.63, 3.8) is 0 Å². The lowest BCUT2D eigenvalue weighted by Crippen LogP contribution is -2.50. The first kappa shape index (κ1) is 10.9. The molecule has 0 saturated carbocycles. The first-order chi connectivity index (χ1) is 7.18. The van der Waals surface area contributed by atoms with Crippen LogP contribution < -0.4 is 10.2 Å². The van der Waals surface area contributed by atoms with Crippen molar-refractivity contribution in [3.8, 4) is 0 Å². The van der Waals surface area contributed by atoms with E-state index in [1.807, 2.05) is 0 Å². The fourth-order valence-corrected chi connectivity index (χ4v) is 2.09. The Bertz CT molecular complexity index is 358. The molecule has 2 heterocycles. The predicted octanol–water partition coefficient (Wildman–Crippen LogP) is 1.58. The molecule has 1 unspecified atom stereocenters. The molecule has 82 valence electrons. The van der Waals surface area contributed by atoms with Crippen LogP contribution in [0.1, 0.15) is 6.92 Å². The van der Waals surface area contributed by atoms with Crippen molar-refractivity contribution >= 4 is 28.9 Å². The van der Waals surface area contributed by atoms with E-state index >= 15 is 0 Å². The zero-order chi connectivity index (χ0) is 10.8. The molecule has 1 saturated heterocycles. The van der Waals surface area contributed by atoms with Crippen LogP contribution >= 0.6 is 23.2 Å². The number of hydrogen-bond donors (Lipinski definition) is 1. The second-order valence-corrected chi connectivity index (χ2v) is 4.33. The van der Waals surface area contributed by atoms with E-state index < -0.39 is 0 Å². The van der Waals surface area contributed by atoms with Gasteiger partial charge in [0.05, 0.1) is 5.69 Å². The molecule has 0 aromatic carbocycles. The van der Waals surface area contributed by atoms with E-state index in [1.54, 1.807) is 6.07 Å². The summed E-state index contributed by atoms with van der Waals surface area (Å²) in [5.74, 6) is 0. The molecule has 1 atom stereocenters. The van der Waals surface area contributed by atoms with Gasteiger partial charge in [0.15, 0.2) is 10.3 Å². The highest BCUT2D eigenvalue weighted by molar-refractivity contribution is 6.33. The first-order valence-corrected chi connectivity index (χ1v) is 5.60. The van der Waals surface area contributed by atoms with Gasteiger partial charge in [0.2, 0.25) is 0 Å². The molecule has 1 aromatic heterocycles. The molecule has 1 aromatic rings. The quantitative estimate of drug-likeness (QED) is 0.818. The average Bonchev–Trinajstić information content (AvgIpc) is 2.23. The summed E-state index contributed by atoms with van der Waals surface area (Å²) in [5.41, 5.74) is 0.866. The summed E-state index contributed by atoms with van der Waals surface area (Å²) >= 11 is 11.8. The van der Waals surface area contributed by atoms with Gasteiger partial charge in [-0.25, -0.2) is 0 Å². The second kappa shape index (κ2) is 4.51. The molecule has 6 heteroatoms. The number of halogens is 2. The van der Waals surface area contributed by atoms with Gasteiger partial charge in [-0.1, -0.05) is 23.2 Å². The van der Waals surface area contributed by atoms with Gasteiger partial charge in [-0.05, 0) is 6.92 Å². The minimum Gasteiger partial charge on any atom is -0.364 e. The highest BCUT2D eigenvalue weighted by Gasteiger charge is 2.21. The van der Waals surface area contributed by atoms with Crippen LogP contribution in [-0.2, 0) is 0 Å². The third-order valence-corrected chi connectivity index (χ3v) is 2.97. The number of hydrogen-bond acceptors (Lipinski definition) is 4. The summed E-state index contributed by atoms with van der Waals surface area (Å²) in [6, 6.07) is 2.15. The molecule has 1 aliphatic rings. The number of aromatic nitrogens is 2. The van der Waals surface area contributed by atoms with Gasteiger partial charge in [0, 0.05) is 31.7 Å². The smallest absolute Gasteiger partial charge is 0.175 e. The van der Waals surface area contributed by atoms with Crippen LogP contribution in [-0.4, -0.2) is 35.9 Å². The molecule has 0 spiro atoms. The van der Waals surface area contributed by atoms with Gasteiger partial charge >= 0.3 is 0 Å². The van der Waals surface area contributed by atoms with Crippen LogP contribution in [0, 0.1) is 0 Å². The van der Waals surface area contributed by atoms with Crippen molar-refractivity contribution in [3.05, 3.63) is 16.4 Å². The summed E-state index contributed by atoms with van der Waals surface area (Å²) in [5, 5.41) is 11.6. The van der Waals surface area contributed by atoms with Crippen LogP contribution in [0.5, 0.6) is 0 Å². The molecule has 1 N–H and O–H groups in total. The van der Waals surface area contributed by atoms with Gasteiger partial charge in [-0.2, -0.15) is 0 Å². The van der Waals surface area contributed by atoms with Crippen molar-refractivity contribution < 1.29 is 0 Å². The molecule has 15 heavy (non-hydrogen) atoms.